The second kappa shape index (κ2) is 3.94. The van der Waals surface area contributed by atoms with E-state index in [1.165, 1.54) is 0 Å². The lowest BCUT2D eigenvalue weighted by molar-refractivity contribution is -0.255. The molecule has 2 N–H and O–H groups in total. The van der Waals surface area contributed by atoms with Crippen molar-refractivity contribution in [2.24, 2.45) is 0 Å². The minimum absolute atomic E-state index is 0.233. The van der Waals surface area contributed by atoms with Crippen LogP contribution in [0.1, 0.15) is 10.4 Å². The van der Waals surface area contributed by atoms with Gasteiger partial charge < -0.3 is 5.73 Å². The highest BCUT2D eigenvalue weighted by molar-refractivity contribution is 6.05. The monoisotopic (exact) mass is 257 g/mol. The summed E-state index contributed by atoms with van der Waals surface area (Å²) in [5.74, 6) is -9.32. The van der Waals surface area contributed by atoms with E-state index < -0.39 is 35.0 Å². The summed E-state index contributed by atoms with van der Waals surface area (Å²) in [6.07, 6.45) is -6.05. The van der Waals surface area contributed by atoms with Gasteiger partial charge in [0.05, 0.1) is 5.56 Å². The highest BCUT2D eigenvalue weighted by atomic mass is 19.4. The van der Waals surface area contributed by atoms with Gasteiger partial charge in [0, 0.05) is 5.69 Å². The molecule has 0 aliphatic rings. The van der Waals surface area contributed by atoms with Crippen LogP contribution >= 0.6 is 0 Å². The number of anilines is 1. The van der Waals surface area contributed by atoms with Crippen molar-refractivity contribution in [3.05, 3.63) is 29.6 Å². The average molecular weight is 257 g/mol. The van der Waals surface area contributed by atoms with Crippen LogP contribution in [0.25, 0.3) is 0 Å². The summed E-state index contributed by atoms with van der Waals surface area (Å²) in [7, 11) is 0. The van der Waals surface area contributed by atoms with E-state index in [4.69, 9.17) is 5.73 Å². The lowest BCUT2D eigenvalue weighted by Crippen LogP contribution is -2.44. The van der Waals surface area contributed by atoms with E-state index in [1.54, 1.807) is 0 Å². The minimum atomic E-state index is -6.05. The fourth-order valence-corrected chi connectivity index (χ4v) is 1.02. The molecule has 1 rings (SSSR count). The maximum Gasteiger partial charge on any atom is 0.461 e. The van der Waals surface area contributed by atoms with Gasteiger partial charge in [-0.1, -0.05) is 0 Å². The molecular weight excluding hydrogens is 252 g/mol. The molecular formula is C9H5F6NO. The quantitative estimate of drug-likeness (QED) is 0.503. The number of ketones is 1. The zero-order valence-electron chi connectivity index (χ0n) is 7.99. The first-order chi connectivity index (χ1) is 7.57. The van der Waals surface area contributed by atoms with Gasteiger partial charge in [0.25, 0.3) is 0 Å². The SMILES string of the molecule is Nc1ccc(F)cc1C(=O)C(F)(F)C(F)(F)F. The molecule has 1 aromatic rings. The molecule has 0 aromatic heterocycles. The molecule has 0 radical (unpaired) electrons. The van der Waals surface area contributed by atoms with Gasteiger partial charge in [-0.05, 0) is 18.2 Å². The number of Topliss-reactive ketones (excluding diaryl/α,β-unsaturated/α-hetero) is 1. The number of hydrogen-bond donors (Lipinski definition) is 1. The Morgan fingerprint density at radius 3 is 2.12 bits per heavy atom. The average Bonchev–Trinajstić information content (AvgIpc) is 2.19. The number of nitrogen functional groups attached to an aromatic ring is 1. The van der Waals surface area contributed by atoms with E-state index in [2.05, 4.69) is 0 Å². The number of carbonyl (C=O) groups excluding carboxylic acids is 1. The molecule has 0 heterocycles. The molecule has 0 aliphatic heterocycles. The van der Waals surface area contributed by atoms with Gasteiger partial charge in [0.2, 0.25) is 5.78 Å². The van der Waals surface area contributed by atoms with E-state index in [1.807, 2.05) is 0 Å². The van der Waals surface area contributed by atoms with E-state index in [0.717, 1.165) is 12.1 Å². The Labute approximate surface area is 91.0 Å². The Morgan fingerprint density at radius 2 is 1.65 bits per heavy atom. The minimum Gasteiger partial charge on any atom is -0.398 e. The summed E-state index contributed by atoms with van der Waals surface area (Å²) in [6.45, 7) is 0. The van der Waals surface area contributed by atoms with Crippen LogP contribution in [0.3, 0.4) is 0 Å². The molecule has 1 aromatic carbocycles. The molecule has 0 spiro atoms. The van der Waals surface area contributed by atoms with Crippen LogP contribution in [-0.4, -0.2) is 17.9 Å². The number of carbonyl (C=O) groups is 1. The zero-order chi connectivity index (χ0) is 13.4. The molecule has 0 fully saturated rings. The molecule has 0 atom stereocenters. The summed E-state index contributed by atoms with van der Waals surface area (Å²) >= 11 is 0. The highest BCUT2D eigenvalue weighted by Crippen LogP contribution is 2.38. The van der Waals surface area contributed by atoms with Gasteiger partial charge in [-0.2, -0.15) is 22.0 Å². The molecule has 17 heavy (non-hydrogen) atoms. The third-order valence-corrected chi connectivity index (χ3v) is 1.90. The summed E-state index contributed by atoms with van der Waals surface area (Å²) < 4.78 is 73.7. The predicted octanol–water partition coefficient (Wildman–Crippen LogP) is 2.79. The van der Waals surface area contributed by atoms with E-state index in [9.17, 15) is 31.1 Å². The van der Waals surface area contributed by atoms with Crippen molar-refractivity contribution in [3.63, 3.8) is 0 Å². The number of halogens is 6. The summed E-state index contributed by atoms with van der Waals surface area (Å²) in [4.78, 5) is 11.0. The molecule has 0 bridgehead atoms. The molecule has 2 nitrogen and oxygen atoms in total. The van der Waals surface area contributed by atoms with Crippen LogP contribution in [0.4, 0.5) is 32.0 Å². The van der Waals surface area contributed by atoms with Crippen molar-refractivity contribution >= 4 is 11.5 Å². The maximum absolute atomic E-state index is 12.7. The molecule has 0 unspecified atom stereocenters. The molecule has 0 saturated heterocycles. The van der Waals surface area contributed by atoms with Crippen LogP contribution in [-0.2, 0) is 0 Å². The van der Waals surface area contributed by atoms with E-state index >= 15 is 0 Å². The third-order valence-electron chi connectivity index (χ3n) is 1.90. The van der Waals surface area contributed by atoms with Gasteiger partial charge in [-0.25, -0.2) is 4.39 Å². The first kappa shape index (κ1) is 13.3. The molecule has 0 saturated carbocycles. The number of hydrogen-bond acceptors (Lipinski definition) is 2. The maximum atomic E-state index is 12.7. The van der Waals surface area contributed by atoms with Crippen molar-refractivity contribution in [2.45, 2.75) is 12.1 Å². The summed E-state index contributed by atoms with van der Waals surface area (Å²) in [5.41, 5.74) is 3.19. The molecule has 8 heteroatoms. The number of nitrogens with two attached hydrogens (primary N) is 1. The van der Waals surface area contributed by atoms with Crippen LogP contribution in [0, 0.1) is 5.82 Å². The fourth-order valence-electron chi connectivity index (χ4n) is 1.02. The first-order valence-electron chi connectivity index (χ1n) is 4.11. The van der Waals surface area contributed by atoms with Gasteiger partial charge in [-0.15, -0.1) is 0 Å². The lowest BCUT2D eigenvalue weighted by Gasteiger charge is -2.18. The second-order valence-corrected chi connectivity index (χ2v) is 3.13. The number of alkyl halides is 5. The Morgan fingerprint density at radius 1 is 1.12 bits per heavy atom. The standard InChI is InChI=1S/C9H5F6NO/c10-4-1-2-6(16)5(3-4)7(17)8(11,12)9(13,14)15/h1-3H,16H2. The van der Waals surface area contributed by atoms with Gasteiger partial charge in [-0.3, -0.25) is 4.79 Å². The van der Waals surface area contributed by atoms with Gasteiger partial charge in [0.1, 0.15) is 5.82 Å². The van der Waals surface area contributed by atoms with Crippen LogP contribution < -0.4 is 5.73 Å². The Kier molecular flexibility index (Phi) is 3.09. The smallest absolute Gasteiger partial charge is 0.398 e. The highest BCUT2D eigenvalue weighted by Gasteiger charge is 2.63. The fraction of sp³-hybridized carbons (Fsp3) is 0.222. The molecule has 0 aliphatic carbocycles. The van der Waals surface area contributed by atoms with Crippen molar-refractivity contribution in [1.82, 2.24) is 0 Å². The van der Waals surface area contributed by atoms with Crippen molar-refractivity contribution in [3.8, 4) is 0 Å². The molecule has 0 amide bonds. The van der Waals surface area contributed by atoms with Gasteiger partial charge >= 0.3 is 12.1 Å². The van der Waals surface area contributed by atoms with E-state index in [0.29, 0.717) is 0 Å². The first-order valence-corrected chi connectivity index (χ1v) is 4.11. The summed E-state index contributed by atoms with van der Waals surface area (Å²) in [6, 6.07) is 1.70. The van der Waals surface area contributed by atoms with Gasteiger partial charge in [0.15, 0.2) is 0 Å². The van der Waals surface area contributed by atoms with Crippen LogP contribution in [0.2, 0.25) is 0 Å². The third kappa shape index (κ3) is 2.34. The number of benzene rings is 1. The van der Waals surface area contributed by atoms with Crippen LogP contribution in [0.5, 0.6) is 0 Å². The largest absolute Gasteiger partial charge is 0.461 e. The Hall–Kier alpha value is -1.73. The Balaban J connectivity index is 3.26. The zero-order valence-corrected chi connectivity index (χ0v) is 7.99. The summed E-state index contributed by atoms with van der Waals surface area (Å²) in [5, 5.41) is 0. The van der Waals surface area contributed by atoms with E-state index in [-0.39, 0.29) is 6.07 Å². The van der Waals surface area contributed by atoms with Crippen molar-refractivity contribution in [1.29, 1.82) is 0 Å². The normalized spacial score (nSPS) is 12.6. The van der Waals surface area contributed by atoms with Crippen LogP contribution in [0.15, 0.2) is 18.2 Å². The van der Waals surface area contributed by atoms with Crippen molar-refractivity contribution < 1.29 is 31.1 Å². The molecule has 94 valence electrons. The second-order valence-electron chi connectivity index (χ2n) is 3.13. The predicted molar refractivity (Wildman–Crippen MR) is 46.1 cm³/mol. The topological polar surface area (TPSA) is 43.1 Å². The Bertz CT molecular complexity index is 453. The number of rotatable bonds is 2. The lowest BCUT2D eigenvalue weighted by atomic mass is 10.0. The van der Waals surface area contributed by atoms with Crippen molar-refractivity contribution in [2.75, 3.05) is 5.73 Å².